The molecule has 38 heavy (non-hydrogen) atoms. The molecule has 3 rings (SSSR count). The third kappa shape index (κ3) is 7.47. The molecule has 2 aromatic rings. The van der Waals surface area contributed by atoms with Gasteiger partial charge < -0.3 is 30.1 Å². The van der Waals surface area contributed by atoms with E-state index in [2.05, 4.69) is 10.6 Å². The van der Waals surface area contributed by atoms with Crippen LogP contribution in [0.2, 0.25) is 0 Å². The maximum absolute atomic E-state index is 13.9. The summed E-state index contributed by atoms with van der Waals surface area (Å²) in [6, 6.07) is 10.2. The number of carbonyl (C=O) groups is 3. The number of anilines is 1. The fraction of sp³-hybridized carbons (Fsp3) is 0.483. The van der Waals surface area contributed by atoms with Crippen LogP contribution >= 0.6 is 0 Å². The SMILES string of the molecule is COc1ccc(NC(=O)C(c2cc(C)cc(C)c2)N(C(=O)C(CO)NC(=O)OC(C)(C)C)C2CC2C)cc1. The lowest BCUT2D eigenvalue weighted by atomic mass is 9.98. The Balaban J connectivity index is 2.00. The third-order valence-electron chi connectivity index (χ3n) is 6.29. The van der Waals surface area contributed by atoms with Crippen molar-refractivity contribution >= 4 is 23.6 Å². The molecule has 0 spiro atoms. The second-order valence-electron chi connectivity index (χ2n) is 10.9. The predicted octanol–water partition coefficient (Wildman–Crippen LogP) is 4.11. The quantitative estimate of drug-likeness (QED) is 0.454. The monoisotopic (exact) mass is 525 g/mol. The van der Waals surface area contributed by atoms with Gasteiger partial charge in [0.1, 0.15) is 23.4 Å². The van der Waals surface area contributed by atoms with Crippen LogP contribution in [0.15, 0.2) is 42.5 Å². The molecule has 0 radical (unpaired) electrons. The number of nitrogens with one attached hydrogen (secondary N) is 2. The lowest BCUT2D eigenvalue weighted by Gasteiger charge is -2.35. The van der Waals surface area contributed by atoms with Gasteiger partial charge in [-0.15, -0.1) is 0 Å². The van der Waals surface area contributed by atoms with Crippen LogP contribution in [-0.4, -0.2) is 59.3 Å². The zero-order chi connectivity index (χ0) is 28.2. The van der Waals surface area contributed by atoms with E-state index in [0.29, 0.717) is 23.4 Å². The number of rotatable bonds is 9. The molecule has 9 heteroatoms. The van der Waals surface area contributed by atoms with Gasteiger partial charge in [0.25, 0.3) is 5.91 Å². The second-order valence-corrected chi connectivity index (χ2v) is 10.9. The molecule has 1 fully saturated rings. The van der Waals surface area contributed by atoms with E-state index < -0.39 is 42.2 Å². The van der Waals surface area contributed by atoms with Gasteiger partial charge in [0.15, 0.2) is 0 Å². The van der Waals surface area contributed by atoms with Crippen molar-refractivity contribution in [1.29, 1.82) is 0 Å². The fourth-order valence-corrected chi connectivity index (χ4v) is 4.48. The zero-order valence-electron chi connectivity index (χ0n) is 23.2. The molecule has 1 aliphatic carbocycles. The first-order chi connectivity index (χ1) is 17.8. The summed E-state index contributed by atoms with van der Waals surface area (Å²) in [5.74, 6) is -0.151. The van der Waals surface area contributed by atoms with E-state index in [0.717, 1.165) is 11.1 Å². The second kappa shape index (κ2) is 11.9. The van der Waals surface area contributed by atoms with Gasteiger partial charge in [0, 0.05) is 11.7 Å². The smallest absolute Gasteiger partial charge is 0.408 e. The number of amides is 3. The van der Waals surface area contributed by atoms with E-state index in [4.69, 9.17) is 9.47 Å². The molecule has 9 nitrogen and oxygen atoms in total. The zero-order valence-corrected chi connectivity index (χ0v) is 23.2. The predicted molar refractivity (Wildman–Crippen MR) is 145 cm³/mol. The molecule has 1 aliphatic rings. The molecule has 2 aromatic carbocycles. The van der Waals surface area contributed by atoms with Crippen molar-refractivity contribution in [3.63, 3.8) is 0 Å². The maximum Gasteiger partial charge on any atom is 0.408 e. The average molecular weight is 526 g/mol. The minimum atomic E-state index is -1.28. The van der Waals surface area contributed by atoms with Crippen LogP contribution in [0.5, 0.6) is 5.75 Å². The summed E-state index contributed by atoms with van der Waals surface area (Å²) in [6.45, 7) is 10.3. The minimum Gasteiger partial charge on any atom is -0.497 e. The molecule has 1 saturated carbocycles. The van der Waals surface area contributed by atoms with E-state index in [1.165, 1.54) is 4.90 Å². The van der Waals surface area contributed by atoms with Gasteiger partial charge in [-0.25, -0.2) is 4.79 Å². The van der Waals surface area contributed by atoms with Crippen molar-refractivity contribution in [2.45, 2.75) is 71.7 Å². The summed E-state index contributed by atoms with van der Waals surface area (Å²) in [5, 5.41) is 15.5. The number of methoxy groups -OCH3 is 1. The number of alkyl carbamates (subject to hydrolysis) is 1. The van der Waals surface area contributed by atoms with Crippen LogP contribution in [0.25, 0.3) is 0 Å². The summed E-state index contributed by atoms with van der Waals surface area (Å²) in [4.78, 5) is 41.8. The van der Waals surface area contributed by atoms with E-state index in [9.17, 15) is 19.5 Å². The van der Waals surface area contributed by atoms with Crippen LogP contribution in [0.3, 0.4) is 0 Å². The van der Waals surface area contributed by atoms with Gasteiger partial charge in [-0.05, 0) is 76.8 Å². The Morgan fingerprint density at radius 2 is 1.66 bits per heavy atom. The molecule has 0 aliphatic heterocycles. The summed E-state index contributed by atoms with van der Waals surface area (Å²) < 4.78 is 10.5. The van der Waals surface area contributed by atoms with Gasteiger partial charge in [0.2, 0.25) is 5.91 Å². The summed E-state index contributed by atoms with van der Waals surface area (Å²) in [6.07, 6.45) is -0.118. The van der Waals surface area contributed by atoms with Crippen molar-refractivity contribution < 1.29 is 29.0 Å². The number of carbonyl (C=O) groups excluding carboxylic acids is 3. The molecule has 4 atom stereocenters. The van der Waals surface area contributed by atoms with E-state index >= 15 is 0 Å². The van der Waals surface area contributed by atoms with Gasteiger partial charge in [-0.2, -0.15) is 0 Å². The van der Waals surface area contributed by atoms with Gasteiger partial charge in [-0.3, -0.25) is 9.59 Å². The Labute approximate surface area is 224 Å². The van der Waals surface area contributed by atoms with Crippen molar-refractivity contribution in [1.82, 2.24) is 10.2 Å². The summed E-state index contributed by atoms with van der Waals surface area (Å²) >= 11 is 0. The van der Waals surface area contributed by atoms with Gasteiger partial charge in [-0.1, -0.05) is 36.2 Å². The van der Waals surface area contributed by atoms with Gasteiger partial charge >= 0.3 is 6.09 Å². The molecular weight excluding hydrogens is 486 g/mol. The Morgan fingerprint density at radius 3 is 2.13 bits per heavy atom. The minimum absolute atomic E-state index is 0.155. The maximum atomic E-state index is 13.9. The molecule has 4 unspecified atom stereocenters. The average Bonchev–Trinajstić information content (AvgIpc) is 3.54. The first kappa shape index (κ1) is 29.0. The van der Waals surface area contributed by atoms with Crippen LogP contribution in [0.4, 0.5) is 10.5 Å². The molecular formula is C29H39N3O6. The number of aliphatic hydroxyl groups excluding tert-OH is 1. The number of hydrogen-bond acceptors (Lipinski definition) is 6. The number of aliphatic hydroxyl groups is 1. The number of aryl methyl sites for hydroxylation is 2. The topological polar surface area (TPSA) is 117 Å². The van der Waals surface area contributed by atoms with E-state index in [1.54, 1.807) is 52.1 Å². The standard InChI is InChI=1S/C29H39N3O6/c1-17-12-18(2)14-20(13-17)25(26(34)30-21-8-10-22(37-7)11-9-21)32(24-15-19(24)3)27(35)23(16-33)31-28(36)38-29(4,5)6/h8-14,19,23-25,33H,15-16H2,1-7H3,(H,30,34)(H,31,36). The highest BCUT2D eigenvalue weighted by atomic mass is 16.6. The number of ether oxygens (including phenoxy) is 2. The van der Waals surface area contributed by atoms with Crippen LogP contribution in [0, 0.1) is 19.8 Å². The number of nitrogens with zero attached hydrogens (tertiary/aromatic N) is 1. The van der Waals surface area contributed by atoms with Gasteiger partial charge in [0.05, 0.1) is 13.7 Å². The fourth-order valence-electron chi connectivity index (χ4n) is 4.48. The molecule has 3 amide bonds. The Kier molecular flexibility index (Phi) is 9.04. The lowest BCUT2D eigenvalue weighted by Crippen LogP contribution is -2.54. The van der Waals surface area contributed by atoms with Crippen molar-refractivity contribution in [3.05, 3.63) is 59.2 Å². The Hall–Kier alpha value is -3.59. The van der Waals surface area contributed by atoms with Crippen LogP contribution in [0.1, 0.15) is 56.8 Å². The van der Waals surface area contributed by atoms with Crippen molar-refractivity contribution in [3.8, 4) is 5.75 Å². The highest BCUT2D eigenvalue weighted by Gasteiger charge is 2.48. The first-order valence-electron chi connectivity index (χ1n) is 12.8. The first-order valence-corrected chi connectivity index (χ1v) is 12.8. The van der Waals surface area contributed by atoms with Crippen LogP contribution in [-0.2, 0) is 14.3 Å². The normalized spacial score (nSPS) is 18.1. The Morgan fingerprint density at radius 1 is 1.08 bits per heavy atom. The molecule has 0 bridgehead atoms. The number of benzene rings is 2. The van der Waals surface area contributed by atoms with E-state index in [1.807, 2.05) is 39.0 Å². The number of hydrogen-bond donors (Lipinski definition) is 3. The molecule has 206 valence electrons. The molecule has 0 heterocycles. The lowest BCUT2D eigenvalue weighted by molar-refractivity contribution is -0.142. The van der Waals surface area contributed by atoms with Crippen molar-refractivity contribution in [2.75, 3.05) is 19.0 Å². The summed E-state index contributed by atoms with van der Waals surface area (Å²) in [5.41, 5.74) is 2.31. The molecule has 0 saturated heterocycles. The molecule has 3 N–H and O–H groups in total. The molecule has 0 aromatic heterocycles. The highest BCUT2D eigenvalue weighted by molar-refractivity contribution is 5.99. The third-order valence-corrected chi connectivity index (χ3v) is 6.29. The Bertz CT molecular complexity index is 1140. The van der Waals surface area contributed by atoms with Crippen molar-refractivity contribution in [2.24, 2.45) is 5.92 Å². The van der Waals surface area contributed by atoms with Crippen LogP contribution < -0.4 is 15.4 Å². The van der Waals surface area contributed by atoms with E-state index in [-0.39, 0.29) is 12.0 Å². The highest BCUT2D eigenvalue weighted by Crippen LogP contribution is 2.41. The largest absolute Gasteiger partial charge is 0.497 e. The summed E-state index contributed by atoms with van der Waals surface area (Å²) in [7, 11) is 1.56.